The summed E-state index contributed by atoms with van der Waals surface area (Å²) < 4.78 is 0. The first-order chi connectivity index (χ1) is 5.42. The van der Waals surface area contributed by atoms with Gasteiger partial charge in [-0.15, -0.1) is 0 Å². The smallest absolute Gasteiger partial charge is 0.164 e. The van der Waals surface area contributed by atoms with E-state index in [1.54, 1.807) is 12.4 Å². The van der Waals surface area contributed by atoms with Crippen LogP contribution in [-0.4, -0.2) is 9.97 Å². The van der Waals surface area contributed by atoms with Crippen LogP contribution < -0.4 is 0 Å². The van der Waals surface area contributed by atoms with Crippen LogP contribution in [0.5, 0.6) is 0 Å². The number of aromatic amines is 1. The summed E-state index contributed by atoms with van der Waals surface area (Å²) in [6.45, 7) is 0. The monoisotopic (exact) mass is 143 g/mol. The first kappa shape index (κ1) is 5.93. The molecule has 0 spiro atoms. The number of H-pyrrole nitrogens is 1. The Morgan fingerprint density at radius 2 is 2.36 bits per heavy atom. The summed E-state index contributed by atoms with van der Waals surface area (Å²) >= 11 is 0. The fourth-order valence-electron chi connectivity index (χ4n) is 1.07. The van der Waals surface area contributed by atoms with Crippen molar-refractivity contribution < 1.29 is 0 Å². The minimum Gasteiger partial charge on any atom is -0.359 e. The zero-order valence-electron chi connectivity index (χ0n) is 5.70. The van der Waals surface area contributed by atoms with Crippen molar-refractivity contribution in [1.29, 1.82) is 5.26 Å². The summed E-state index contributed by atoms with van der Waals surface area (Å²) in [6.07, 6.45) is 3.43. The predicted molar refractivity (Wildman–Crippen MR) is 40.8 cm³/mol. The molecule has 11 heavy (non-hydrogen) atoms. The van der Waals surface area contributed by atoms with Gasteiger partial charge in [0, 0.05) is 17.8 Å². The molecule has 2 aromatic heterocycles. The van der Waals surface area contributed by atoms with Gasteiger partial charge in [0.1, 0.15) is 6.07 Å². The van der Waals surface area contributed by atoms with Gasteiger partial charge in [-0.25, -0.2) is 4.98 Å². The molecule has 0 aromatic carbocycles. The number of pyridine rings is 1. The van der Waals surface area contributed by atoms with Gasteiger partial charge in [-0.2, -0.15) is 5.26 Å². The fraction of sp³-hybridized carbons (Fsp3) is 0. The molecule has 0 aliphatic heterocycles. The number of nitrogens with one attached hydrogen (secondary N) is 1. The topological polar surface area (TPSA) is 52.5 Å². The molecule has 2 rings (SSSR count). The van der Waals surface area contributed by atoms with Crippen LogP contribution in [0.2, 0.25) is 0 Å². The summed E-state index contributed by atoms with van der Waals surface area (Å²) in [6, 6.07) is 5.80. The van der Waals surface area contributed by atoms with E-state index in [0.29, 0.717) is 5.69 Å². The molecule has 2 heterocycles. The number of hydrogen-bond acceptors (Lipinski definition) is 2. The van der Waals surface area contributed by atoms with Crippen LogP contribution in [-0.2, 0) is 0 Å². The third kappa shape index (κ3) is 0.767. The van der Waals surface area contributed by atoms with E-state index in [4.69, 9.17) is 5.26 Å². The van der Waals surface area contributed by atoms with E-state index in [2.05, 4.69) is 9.97 Å². The number of rotatable bonds is 0. The lowest BCUT2D eigenvalue weighted by Crippen LogP contribution is -1.81. The highest BCUT2D eigenvalue weighted by atomic mass is 14.7. The Morgan fingerprint density at radius 3 is 3.18 bits per heavy atom. The van der Waals surface area contributed by atoms with Crippen molar-refractivity contribution in [3.63, 3.8) is 0 Å². The number of aromatic nitrogens is 2. The lowest BCUT2D eigenvalue weighted by Gasteiger charge is -1.89. The van der Waals surface area contributed by atoms with E-state index in [1.807, 2.05) is 18.2 Å². The molecule has 3 nitrogen and oxygen atoms in total. The van der Waals surface area contributed by atoms with Crippen molar-refractivity contribution >= 4 is 10.9 Å². The highest BCUT2D eigenvalue weighted by Gasteiger charge is 1.99. The molecular formula is C8H5N3. The Kier molecular flexibility index (Phi) is 1.13. The molecule has 3 heteroatoms. The van der Waals surface area contributed by atoms with E-state index in [0.717, 1.165) is 10.9 Å². The molecule has 0 radical (unpaired) electrons. The van der Waals surface area contributed by atoms with Crippen molar-refractivity contribution in [2.24, 2.45) is 0 Å². The lowest BCUT2D eigenvalue weighted by atomic mass is 10.3. The van der Waals surface area contributed by atoms with Gasteiger partial charge in [-0.1, -0.05) is 0 Å². The molecule has 2 aromatic rings. The van der Waals surface area contributed by atoms with Gasteiger partial charge in [0.25, 0.3) is 0 Å². The van der Waals surface area contributed by atoms with Gasteiger partial charge in [-0.05, 0) is 12.1 Å². The molecule has 0 unspecified atom stereocenters. The van der Waals surface area contributed by atoms with Crippen LogP contribution >= 0.6 is 0 Å². The second-order valence-electron chi connectivity index (χ2n) is 2.21. The molecule has 0 bridgehead atoms. The second kappa shape index (κ2) is 2.10. The number of fused-ring (bicyclic) bond motifs is 1. The highest BCUT2D eigenvalue weighted by Crippen LogP contribution is 2.12. The Balaban J connectivity index is 2.92. The summed E-state index contributed by atoms with van der Waals surface area (Å²) in [5.41, 5.74) is 1.27. The summed E-state index contributed by atoms with van der Waals surface area (Å²) in [4.78, 5) is 6.86. The molecule has 1 N–H and O–H groups in total. The lowest BCUT2D eigenvalue weighted by molar-refractivity contribution is 1.28. The van der Waals surface area contributed by atoms with Gasteiger partial charge < -0.3 is 4.98 Å². The van der Waals surface area contributed by atoms with Crippen LogP contribution in [0, 0.1) is 11.3 Å². The summed E-state index contributed by atoms with van der Waals surface area (Å²) in [7, 11) is 0. The minimum absolute atomic E-state index is 0.451. The minimum atomic E-state index is 0.451. The van der Waals surface area contributed by atoms with E-state index in [1.165, 1.54) is 0 Å². The van der Waals surface area contributed by atoms with E-state index in [-0.39, 0.29) is 0 Å². The summed E-state index contributed by atoms with van der Waals surface area (Å²) in [5, 5.41) is 9.65. The Labute approximate surface area is 63.3 Å². The second-order valence-corrected chi connectivity index (χ2v) is 2.21. The van der Waals surface area contributed by atoms with E-state index < -0.39 is 0 Å². The highest BCUT2D eigenvalue weighted by molar-refractivity contribution is 5.82. The Hall–Kier alpha value is -1.82. The normalized spacial score (nSPS) is 9.73. The van der Waals surface area contributed by atoms with Crippen molar-refractivity contribution in [2.45, 2.75) is 0 Å². The molecule has 0 saturated heterocycles. The van der Waals surface area contributed by atoms with Crippen LogP contribution in [0.1, 0.15) is 5.69 Å². The first-order valence-corrected chi connectivity index (χ1v) is 3.24. The van der Waals surface area contributed by atoms with Crippen molar-refractivity contribution in [2.75, 3.05) is 0 Å². The molecular weight excluding hydrogens is 138 g/mol. The van der Waals surface area contributed by atoms with Gasteiger partial charge in [0.15, 0.2) is 5.69 Å². The number of nitrogens with zero attached hydrogens (tertiary/aromatic N) is 2. The molecule has 0 amide bonds. The molecule has 0 fully saturated rings. The SMILES string of the molecule is N#Cc1nccc2cc[nH]c12. The average Bonchev–Trinajstić information content (AvgIpc) is 2.50. The van der Waals surface area contributed by atoms with Crippen molar-refractivity contribution in [3.05, 3.63) is 30.2 Å². The van der Waals surface area contributed by atoms with Gasteiger partial charge in [0.05, 0.1) is 5.52 Å². The van der Waals surface area contributed by atoms with E-state index >= 15 is 0 Å². The molecule has 52 valence electrons. The molecule has 0 saturated carbocycles. The molecule has 0 aliphatic carbocycles. The van der Waals surface area contributed by atoms with Crippen LogP contribution in [0.3, 0.4) is 0 Å². The maximum absolute atomic E-state index is 8.62. The largest absolute Gasteiger partial charge is 0.359 e. The predicted octanol–water partition coefficient (Wildman–Crippen LogP) is 1.43. The zero-order chi connectivity index (χ0) is 7.68. The molecule has 0 atom stereocenters. The zero-order valence-corrected chi connectivity index (χ0v) is 5.70. The van der Waals surface area contributed by atoms with Gasteiger partial charge >= 0.3 is 0 Å². The maximum atomic E-state index is 8.62. The maximum Gasteiger partial charge on any atom is 0.164 e. The fourth-order valence-corrected chi connectivity index (χ4v) is 1.07. The Bertz CT molecular complexity index is 422. The van der Waals surface area contributed by atoms with Crippen LogP contribution in [0.4, 0.5) is 0 Å². The van der Waals surface area contributed by atoms with Crippen LogP contribution in [0.15, 0.2) is 24.5 Å². The third-order valence-electron chi connectivity index (χ3n) is 1.58. The van der Waals surface area contributed by atoms with Crippen molar-refractivity contribution in [3.8, 4) is 6.07 Å². The Morgan fingerprint density at radius 1 is 1.45 bits per heavy atom. The van der Waals surface area contributed by atoms with E-state index in [9.17, 15) is 0 Å². The standard InChI is InChI=1S/C8H5N3/c9-5-7-8-6(1-3-10-7)2-4-11-8/h1-4,11H. The first-order valence-electron chi connectivity index (χ1n) is 3.24. The van der Waals surface area contributed by atoms with Gasteiger partial charge in [-0.3, -0.25) is 0 Å². The third-order valence-corrected chi connectivity index (χ3v) is 1.58. The number of hydrogen-bond donors (Lipinski definition) is 1. The van der Waals surface area contributed by atoms with Crippen molar-refractivity contribution in [1.82, 2.24) is 9.97 Å². The quantitative estimate of drug-likeness (QED) is 0.606. The van der Waals surface area contributed by atoms with Gasteiger partial charge in [0.2, 0.25) is 0 Å². The average molecular weight is 143 g/mol. The van der Waals surface area contributed by atoms with Crippen LogP contribution in [0.25, 0.3) is 10.9 Å². The summed E-state index contributed by atoms with van der Waals surface area (Å²) in [5.74, 6) is 0. The number of nitriles is 1. The molecule has 0 aliphatic rings.